The smallest absolute Gasteiger partial charge is 0.352 e. The quantitative estimate of drug-likeness (QED) is 0.481. The molecule has 154 valence electrons. The third-order valence-corrected chi connectivity index (χ3v) is 6.58. The van der Waals surface area contributed by atoms with Crippen LogP contribution in [-0.4, -0.2) is 66.0 Å². The van der Waals surface area contributed by atoms with Crippen molar-refractivity contribution in [2.24, 2.45) is 0 Å². The van der Waals surface area contributed by atoms with Crippen molar-refractivity contribution in [2.45, 2.75) is 25.3 Å². The van der Waals surface area contributed by atoms with E-state index in [0.717, 1.165) is 12.5 Å². The fourth-order valence-electron chi connectivity index (χ4n) is 3.25. The number of carbonyl (C=O) groups excluding carboxylic acids is 3. The van der Waals surface area contributed by atoms with Crippen molar-refractivity contribution in [3.8, 4) is 0 Å². The molecule has 2 heterocycles. The lowest BCUT2D eigenvalue weighted by Crippen LogP contribution is -2.74. The first kappa shape index (κ1) is 20.5. The third kappa shape index (κ3) is 3.73. The van der Waals surface area contributed by atoms with Crippen molar-refractivity contribution in [1.29, 1.82) is 0 Å². The SMILES string of the molecule is CC(=O)OCC1=C(C(=O)O)N2C(=O)[C@H](NC(=O)c3ccc(C)cc3)[C@@H]2S(=O)(=O)C1. The number of esters is 1. The van der Waals surface area contributed by atoms with Crippen molar-refractivity contribution < 1.29 is 37.4 Å². The Bertz CT molecular complexity index is 1040. The van der Waals surface area contributed by atoms with E-state index in [-0.39, 0.29) is 11.1 Å². The number of sulfone groups is 1. The lowest BCUT2D eigenvalue weighted by molar-refractivity contribution is -0.149. The second-order valence-electron chi connectivity index (χ2n) is 6.76. The van der Waals surface area contributed by atoms with Crippen molar-refractivity contribution in [1.82, 2.24) is 10.2 Å². The zero-order chi connectivity index (χ0) is 21.5. The molecule has 3 rings (SSSR count). The molecule has 2 aliphatic rings. The van der Waals surface area contributed by atoms with Crippen LogP contribution >= 0.6 is 0 Å². The molecule has 2 N–H and O–H groups in total. The van der Waals surface area contributed by atoms with E-state index in [4.69, 9.17) is 4.74 Å². The average molecular weight is 422 g/mol. The standard InChI is InChI=1S/C18H18N2O8S/c1-9-3-5-11(6-4-9)15(22)19-13-16(23)20-14(18(24)25)12(7-28-10(2)21)8-29(26,27)17(13)20/h3-6,13,17H,7-8H2,1-2H3,(H,19,22)(H,24,25)/t13-,17-/m0/s1. The number of fused-ring (bicyclic) bond motifs is 1. The maximum Gasteiger partial charge on any atom is 0.352 e. The van der Waals surface area contributed by atoms with Crippen LogP contribution in [0.15, 0.2) is 35.5 Å². The van der Waals surface area contributed by atoms with E-state index < -0.39 is 63.1 Å². The number of nitrogens with one attached hydrogen (secondary N) is 1. The molecule has 0 aliphatic carbocycles. The Labute approximate surface area is 166 Å². The molecular weight excluding hydrogens is 404 g/mol. The number of aryl methyl sites for hydroxylation is 1. The number of rotatable bonds is 5. The lowest BCUT2D eigenvalue weighted by Gasteiger charge is -2.48. The summed E-state index contributed by atoms with van der Waals surface area (Å²) < 4.78 is 30.1. The number of hydrogen-bond donors (Lipinski definition) is 2. The molecule has 0 bridgehead atoms. The van der Waals surface area contributed by atoms with Crippen LogP contribution in [0.5, 0.6) is 0 Å². The van der Waals surface area contributed by atoms with Gasteiger partial charge in [0.25, 0.3) is 11.8 Å². The van der Waals surface area contributed by atoms with Crippen LogP contribution in [0.2, 0.25) is 0 Å². The number of carboxylic acids is 1. The molecule has 0 radical (unpaired) electrons. The number of ether oxygens (including phenoxy) is 1. The summed E-state index contributed by atoms with van der Waals surface area (Å²) in [7, 11) is -4.03. The molecule has 1 aromatic carbocycles. The Morgan fingerprint density at radius 1 is 1.24 bits per heavy atom. The summed E-state index contributed by atoms with van der Waals surface area (Å²) in [5, 5.41) is 10.3. The van der Waals surface area contributed by atoms with Gasteiger partial charge in [-0.2, -0.15) is 0 Å². The Balaban J connectivity index is 1.89. The van der Waals surface area contributed by atoms with Gasteiger partial charge >= 0.3 is 11.9 Å². The highest BCUT2D eigenvalue weighted by atomic mass is 32.2. The van der Waals surface area contributed by atoms with Crippen LogP contribution in [0, 0.1) is 6.92 Å². The van der Waals surface area contributed by atoms with Gasteiger partial charge in [0.15, 0.2) is 15.2 Å². The van der Waals surface area contributed by atoms with Crippen molar-refractivity contribution in [3.05, 3.63) is 46.7 Å². The summed E-state index contributed by atoms with van der Waals surface area (Å²) in [6, 6.07) is 5.03. The molecule has 2 atom stereocenters. The van der Waals surface area contributed by atoms with Gasteiger partial charge in [-0.3, -0.25) is 19.3 Å². The molecule has 1 saturated heterocycles. The zero-order valence-corrected chi connectivity index (χ0v) is 16.4. The normalized spacial score (nSPS) is 22.4. The molecule has 0 spiro atoms. The second kappa shape index (κ2) is 7.32. The Morgan fingerprint density at radius 2 is 1.86 bits per heavy atom. The number of carbonyl (C=O) groups is 4. The van der Waals surface area contributed by atoms with Gasteiger partial charge in [-0.15, -0.1) is 0 Å². The van der Waals surface area contributed by atoms with Gasteiger partial charge in [0.2, 0.25) is 0 Å². The van der Waals surface area contributed by atoms with E-state index in [1.54, 1.807) is 12.1 Å². The molecule has 2 aliphatic heterocycles. The van der Waals surface area contributed by atoms with Crippen LogP contribution in [0.4, 0.5) is 0 Å². The first-order valence-electron chi connectivity index (χ1n) is 8.54. The van der Waals surface area contributed by atoms with Gasteiger partial charge in [0, 0.05) is 18.1 Å². The van der Waals surface area contributed by atoms with Gasteiger partial charge in [-0.05, 0) is 19.1 Å². The monoisotopic (exact) mass is 422 g/mol. The molecule has 10 nitrogen and oxygen atoms in total. The topological polar surface area (TPSA) is 147 Å². The van der Waals surface area contributed by atoms with Crippen molar-refractivity contribution in [3.63, 3.8) is 0 Å². The van der Waals surface area contributed by atoms with Crippen LogP contribution in [0.1, 0.15) is 22.8 Å². The summed E-state index contributed by atoms with van der Waals surface area (Å²) in [6.07, 6.45) is 0. The minimum absolute atomic E-state index is 0.208. The van der Waals surface area contributed by atoms with Crippen LogP contribution in [-0.2, 0) is 29.0 Å². The van der Waals surface area contributed by atoms with E-state index in [9.17, 15) is 32.7 Å². The number of nitrogens with zero attached hydrogens (tertiary/aromatic N) is 1. The number of β-lactam (4-membered cyclic amide) rings is 1. The minimum Gasteiger partial charge on any atom is -0.477 e. The highest BCUT2D eigenvalue weighted by Crippen LogP contribution is 2.37. The van der Waals surface area contributed by atoms with E-state index >= 15 is 0 Å². The summed E-state index contributed by atoms with van der Waals surface area (Å²) in [5.41, 5.74) is 0.399. The molecule has 11 heteroatoms. The maximum absolute atomic E-state index is 12.7. The number of benzene rings is 1. The molecule has 1 aromatic rings. The molecule has 0 unspecified atom stereocenters. The zero-order valence-electron chi connectivity index (χ0n) is 15.5. The molecule has 2 amide bonds. The fourth-order valence-corrected chi connectivity index (χ4v) is 5.26. The summed E-state index contributed by atoms with van der Waals surface area (Å²) in [6.45, 7) is 2.36. The predicted molar refractivity (Wildman–Crippen MR) is 98.1 cm³/mol. The van der Waals surface area contributed by atoms with Gasteiger partial charge in [0.05, 0.1) is 5.75 Å². The Hall–Kier alpha value is -3.21. The second-order valence-corrected chi connectivity index (χ2v) is 8.86. The summed E-state index contributed by atoms with van der Waals surface area (Å²) in [4.78, 5) is 48.2. The molecule has 0 aromatic heterocycles. The molecule has 0 saturated carbocycles. The van der Waals surface area contributed by atoms with Gasteiger partial charge in [-0.25, -0.2) is 13.2 Å². The molecule has 29 heavy (non-hydrogen) atoms. The van der Waals surface area contributed by atoms with Crippen molar-refractivity contribution >= 4 is 33.6 Å². The summed E-state index contributed by atoms with van der Waals surface area (Å²) in [5.74, 6) is -4.46. The largest absolute Gasteiger partial charge is 0.477 e. The average Bonchev–Trinajstić information content (AvgIpc) is 2.63. The van der Waals surface area contributed by atoms with Crippen LogP contribution in [0.3, 0.4) is 0 Å². The molecular formula is C18H18N2O8S. The number of carboxylic acid groups (broad SMARTS) is 1. The number of aliphatic carboxylic acids is 1. The highest BCUT2D eigenvalue weighted by molar-refractivity contribution is 7.92. The third-order valence-electron chi connectivity index (χ3n) is 4.61. The minimum atomic E-state index is -4.03. The van der Waals surface area contributed by atoms with Crippen LogP contribution in [0.25, 0.3) is 0 Å². The van der Waals surface area contributed by atoms with Gasteiger partial charge in [-0.1, -0.05) is 17.7 Å². The number of amides is 2. The Kier molecular flexibility index (Phi) is 5.18. The van der Waals surface area contributed by atoms with Crippen molar-refractivity contribution in [2.75, 3.05) is 12.4 Å². The van der Waals surface area contributed by atoms with Gasteiger partial charge in [0.1, 0.15) is 18.3 Å². The summed E-state index contributed by atoms with van der Waals surface area (Å²) >= 11 is 0. The first-order chi connectivity index (χ1) is 13.5. The van der Waals surface area contributed by atoms with E-state index in [1.165, 1.54) is 12.1 Å². The maximum atomic E-state index is 12.7. The number of hydrogen-bond acceptors (Lipinski definition) is 7. The fraction of sp³-hybridized carbons (Fsp3) is 0.333. The van der Waals surface area contributed by atoms with E-state index in [0.29, 0.717) is 4.90 Å². The van der Waals surface area contributed by atoms with Crippen LogP contribution < -0.4 is 5.32 Å². The molecule has 1 fully saturated rings. The first-order valence-corrected chi connectivity index (χ1v) is 10.3. The predicted octanol–water partition coefficient (Wildman–Crippen LogP) is -0.408. The van der Waals surface area contributed by atoms with Gasteiger partial charge < -0.3 is 15.2 Å². The lowest BCUT2D eigenvalue weighted by atomic mass is 10.0. The van der Waals surface area contributed by atoms with E-state index in [2.05, 4.69) is 5.32 Å². The van der Waals surface area contributed by atoms with E-state index in [1.807, 2.05) is 6.92 Å². The Morgan fingerprint density at radius 3 is 2.41 bits per heavy atom. The highest BCUT2D eigenvalue weighted by Gasteiger charge is 2.60.